The van der Waals surface area contributed by atoms with Crippen LogP contribution >= 0.6 is 11.6 Å². The minimum Gasteiger partial charge on any atom is -0.461 e. The zero-order chi connectivity index (χ0) is 14.4. The SMILES string of the molecule is C=C(C)C(=O)OCC(CO)C(=O)c1ccc(Cl)cc1. The Labute approximate surface area is 116 Å². The standard InChI is InChI=1S/C14H15ClO4/c1-9(2)14(18)19-8-11(7-16)13(17)10-3-5-12(15)6-4-10/h3-6,11,16H,1,7-8H2,2H3. The predicted octanol–water partition coefficient (Wildman–Crippen LogP) is 2.25. The number of hydrogen-bond acceptors (Lipinski definition) is 4. The van der Waals surface area contributed by atoms with Crippen LogP contribution in [0.1, 0.15) is 17.3 Å². The molecule has 1 atom stereocenters. The van der Waals surface area contributed by atoms with Crippen molar-refractivity contribution in [1.29, 1.82) is 0 Å². The number of rotatable bonds is 6. The number of benzene rings is 1. The summed E-state index contributed by atoms with van der Waals surface area (Å²) in [6.07, 6.45) is 0. The smallest absolute Gasteiger partial charge is 0.333 e. The van der Waals surface area contributed by atoms with Crippen LogP contribution in [0.3, 0.4) is 0 Å². The molecule has 19 heavy (non-hydrogen) atoms. The highest BCUT2D eigenvalue weighted by Gasteiger charge is 2.21. The minimum absolute atomic E-state index is 0.177. The van der Waals surface area contributed by atoms with Gasteiger partial charge in [0.2, 0.25) is 0 Å². The molecule has 0 spiro atoms. The van der Waals surface area contributed by atoms with Gasteiger partial charge in [0.25, 0.3) is 0 Å². The van der Waals surface area contributed by atoms with Crippen molar-refractivity contribution >= 4 is 23.4 Å². The largest absolute Gasteiger partial charge is 0.461 e. The van der Waals surface area contributed by atoms with Crippen LogP contribution in [0.15, 0.2) is 36.4 Å². The molecule has 1 aromatic carbocycles. The van der Waals surface area contributed by atoms with Crippen LogP contribution in [0.2, 0.25) is 5.02 Å². The second-order valence-corrected chi connectivity index (χ2v) is 4.57. The molecule has 0 aliphatic rings. The number of carbonyl (C=O) groups excluding carboxylic acids is 2. The number of carbonyl (C=O) groups is 2. The van der Waals surface area contributed by atoms with Gasteiger partial charge in [-0.15, -0.1) is 0 Å². The Hall–Kier alpha value is -1.65. The van der Waals surface area contributed by atoms with Crippen molar-refractivity contribution in [1.82, 2.24) is 0 Å². The zero-order valence-electron chi connectivity index (χ0n) is 10.6. The molecule has 0 saturated carbocycles. The lowest BCUT2D eigenvalue weighted by Gasteiger charge is -2.13. The van der Waals surface area contributed by atoms with Crippen LogP contribution in [-0.2, 0) is 9.53 Å². The highest BCUT2D eigenvalue weighted by Crippen LogP contribution is 2.14. The van der Waals surface area contributed by atoms with Crippen molar-refractivity contribution in [2.75, 3.05) is 13.2 Å². The van der Waals surface area contributed by atoms with Gasteiger partial charge in [-0.2, -0.15) is 0 Å². The number of esters is 1. The molecule has 0 aliphatic carbocycles. The summed E-state index contributed by atoms with van der Waals surface area (Å²) in [5, 5.41) is 9.72. The quantitative estimate of drug-likeness (QED) is 0.494. The van der Waals surface area contributed by atoms with Crippen molar-refractivity contribution in [3.05, 3.63) is 47.0 Å². The van der Waals surface area contributed by atoms with E-state index in [9.17, 15) is 14.7 Å². The van der Waals surface area contributed by atoms with Gasteiger partial charge < -0.3 is 9.84 Å². The van der Waals surface area contributed by atoms with Gasteiger partial charge in [0, 0.05) is 16.2 Å². The van der Waals surface area contributed by atoms with E-state index in [0.717, 1.165) is 0 Å². The van der Waals surface area contributed by atoms with Gasteiger partial charge >= 0.3 is 5.97 Å². The number of halogens is 1. The molecule has 0 bridgehead atoms. The first-order valence-corrected chi connectivity index (χ1v) is 6.06. The number of hydrogen-bond donors (Lipinski definition) is 1. The van der Waals surface area contributed by atoms with Crippen molar-refractivity contribution in [3.63, 3.8) is 0 Å². The Kier molecular flexibility index (Phi) is 5.73. The van der Waals surface area contributed by atoms with E-state index in [4.69, 9.17) is 16.3 Å². The Morgan fingerprint density at radius 2 is 1.95 bits per heavy atom. The second kappa shape index (κ2) is 7.07. The summed E-state index contributed by atoms with van der Waals surface area (Å²) in [4.78, 5) is 23.3. The Balaban J connectivity index is 2.69. The average Bonchev–Trinajstić information content (AvgIpc) is 2.39. The maximum Gasteiger partial charge on any atom is 0.333 e. The van der Waals surface area contributed by atoms with Gasteiger partial charge in [0.1, 0.15) is 6.61 Å². The van der Waals surface area contributed by atoms with Crippen LogP contribution in [0.4, 0.5) is 0 Å². The molecular formula is C14H15ClO4. The first-order valence-electron chi connectivity index (χ1n) is 5.69. The Morgan fingerprint density at radius 3 is 2.42 bits per heavy atom. The molecule has 1 unspecified atom stereocenters. The van der Waals surface area contributed by atoms with Crippen LogP contribution < -0.4 is 0 Å². The third-order valence-corrected chi connectivity index (χ3v) is 2.74. The molecule has 0 aromatic heterocycles. The fraction of sp³-hybridized carbons (Fsp3) is 0.286. The molecule has 0 heterocycles. The Bertz CT molecular complexity index is 479. The molecule has 0 fully saturated rings. The van der Waals surface area contributed by atoms with Crippen LogP contribution in [0.25, 0.3) is 0 Å². The summed E-state index contributed by atoms with van der Waals surface area (Å²) in [6.45, 7) is 4.37. The van der Waals surface area contributed by atoms with Crippen molar-refractivity contribution in [2.45, 2.75) is 6.92 Å². The summed E-state index contributed by atoms with van der Waals surface area (Å²) >= 11 is 5.73. The number of aliphatic hydroxyl groups excluding tert-OH is 1. The number of ether oxygens (including phenoxy) is 1. The summed E-state index contributed by atoms with van der Waals surface area (Å²) in [5.74, 6) is -1.67. The van der Waals surface area contributed by atoms with E-state index in [1.54, 1.807) is 24.3 Å². The summed E-state index contributed by atoms with van der Waals surface area (Å²) in [6, 6.07) is 6.30. The normalized spacial score (nSPS) is 11.7. The first-order chi connectivity index (χ1) is 8.95. The molecular weight excluding hydrogens is 268 g/mol. The maximum atomic E-state index is 12.1. The van der Waals surface area contributed by atoms with Gasteiger partial charge in [0.05, 0.1) is 12.5 Å². The molecule has 0 amide bonds. The molecule has 102 valence electrons. The highest BCUT2D eigenvalue weighted by atomic mass is 35.5. The van der Waals surface area contributed by atoms with Crippen LogP contribution in [0.5, 0.6) is 0 Å². The van der Waals surface area contributed by atoms with E-state index in [1.807, 2.05) is 0 Å². The molecule has 0 aliphatic heterocycles. The fourth-order valence-corrected chi connectivity index (χ4v) is 1.49. The predicted molar refractivity (Wildman–Crippen MR) is 72.1 cm³/mol. The van der Waals surface area contributed by atoms with Gasteiger partial charge in [-0.05, 0) is 31.2 Å². The highest BCUT2D eigenvalue weighted by molar-refractivity contribution is 6.30. The molecule has 0 radical (unpaired) electrons. The lowest BCUT2D eigenvalue weighted by Crippen LogP contribution is -2.25. The van der Waals surface area contributed by atoms with E-state index < -0.39 is 18.5 Å². The van der Waals surface area contributed by atoms with E-state index >= 15 is 0 Å². The lowest BCUT2D eigenvalue weighted by atomic mass is 9.99. The summed E-state index contributed by atoms with van der Waals surface area (Å²) < 4.78 is 4.88. The lowest BCUT2D eigenvalue weighted by molar-refractivity contribution is -0.140. The summed E-state index contributed by atoms with van der Waals surface area (Å²) in [5.41, 5.74) is 0.658. The molecule has 1 aromatic rings. The number of aliphatic hydroxyl groups is 1. The van der Waals surface area contributed by atoms with Crippen molar-refractivity contribution in [3.8, 4) is 0 Å². The van der Waals surface area contributed by atoms with Gasteiger partial charge in [-0.25, -0.2) is 4.79 Å². The first kappa shape index (κ1) is 15.4. The third-order valence-electron chi connectivity index (χ3n) is 2.48. The molecule has 5 heteroatoms. The van der Waals surface area contributed by atoms with E-state index in [2.05, 4.69) is 6.58 Å². The zero-order valence-corrected chi connectivity index (χ0v) is 11.3. The van der Waals surface area contributed by atoms with Gasteiger partial charge in [-0.1, -0.05) is 18.2 Å². The summed E-state index contributed by atoms with van der Waals surface area (Å²) in [7, 11) is 0. The van der Waals surface area contributed by atoms with E-state index in [1.165, 1.54) is 6.92 Å². The van der Waals surface area contributed by atoms with Crippen LogP contribution in [0, 0.1) is 5.92 Å². The number of ketones is 1. The maximum absolute atomic E-state index is 12.1. The molecule has 1 rings (SSSR count). The minimum atomic E-state index is -0.788. The van der Waals surface area contributed by atoms with Crippen molar-refractivity contribution in [2.24, 2.45) is 5.92 Å². The van der Waals surface area contributed by atoms with Crippen molar-refractivity contribution < 1.29 is 19.4 Å². The fourth-order valence-electron chi connectivity index (χ4n) is 1.36. The Morgan fingerprint density at radius 1 is 1.37 bits per heavy atom. The van der Waals surface area contributed by atoms with Gasteiger partial charge in [-0.3, -0.25) is 4.79 Å². The van der Waals surface area contributed by atoms with E-state index in [-0.39, 0.29) is 18.0 Å². The second-order valence-electron chi connectivity index (χ2n) is 4.13. The van der Waals surface area contributed by atoms with E-state index in [0.29, 0.717) is 10.6 Å². The topological polar surface area (TPSA) is 63.6 Å². The molecule has 4 nitrogen and oxygen atoms in total. The average molecular weight is 283 g/mol. The molecule has 0 saturated heterocycles. The third kappa shape index (κ3) is 4.50. The monoisotopic (exact) mass is 282 g/mol. The molecule has 1 N–H and O–H groups in total. The van der Waals surface area contributed by atoms with Gasteiger partial charge in [0.15, 0.2) is 5.78 Å². The number of Topliss-reactive ketones (excluding diaryl/α,β-unsaturated/α-hetero) is 1. The van der Waals surface area contributed by atoms with Crippen LogP contribution in [-0.4, -0.2) is 30.1 Å².